The minimum absolute atomic E-state index is 0.0235. The third kappa shape index (κ3) is 6.28. The molecule has 0 spiro atoms. The average Bonchev–Trinajstić information content (AvgIpc) is 3.28. The summed E-state index contributed by atoms with van der Waals surface area (Å²) in [5, 5.41) is 10.7. The Kier molecular flexibility index (Phi) is 8.09. The van der Waals surface area contributed by atoms with Crippen molar-refractivity contribution < 1.29 is 23.9 Å². The highest BCUT2D eigenvalue weighted by atomic mass is 32.2. The summed E-state index contributed by atoms with van der Waals surface area (Å²) in [7, 11) is 3.04. The lowest BCUT2D eigenvalue weighted by atomic mass is 10.2. The van der Waals surface area contributed by atoms with Gasteiger partial charge in [-0.15, -0.1) is 11.8 Å². The first-order valence-corrected chi connectivity index (χ1v) is 12.3. The molecule has 9 nitrogen and oxygen atoms in total. The van der Waals surface area contributed by atoms with E-state index in [0.717, 1.165) is 4.90 Å². The number of carbonyl (C=O) groups excluding carboxylic acids is 3. The van der Waals surface area contributed by atoms with Crippen molar-refractivity contribution in [3.63, 3.8) is 0 Å². The van der Waals surface area contributed by atoms with Gasteiger partial charge in [-0.1, -0.05) is 24.3 Å². The molecule has 1 aliphatic rings. The number of para-hydroxylation sites is 1. The number of methoxy groups -OCH3 is 2. The Morgan fingerprint density at radius 1 is 0.946 bits per heavy atom. The van der Waals surface area contributed by atoms with Crippen LogP contribution in [0.1, 0.15) is 23.7 Å². The van der Waals surface area contributed by atoms with E-state index in [9.17, 15) is 14.4 Å². The van der Waals surface area contributed by atoms with Gasteiger partial charge in [0, 0.05) is 16.1 Å². The Morgan fingerprint density at radius 2 is 1.70 bits per heavy atom. The number of ether oxygens (including phenoxy) is 2. The van der Waals surface area contributed by atoms with Crippen molar-refractivity contribution in [2.24, 2.45) is 5.10 Å². The fourth-order valence-corrected chi connectivity index (χ4v) is 4.53. The van der Waals surface area contributed by atoms with Crippen molar-refractivity contribution >= 4 is 46.7 Å². The molecule has 10 heteroatoms. The summed E-state index contributed by atoms with van der Waals surface area (Å²) in [6, 6.07) is 21.2. The van der Waals surface area contributed by atoms with E-state index in [-0.39, 0.29) is 24.1 Å². The molecule has 3 amide bonds. The molecule has 1 atom stereocenters. The molecule has 4 rings (SSSR count). The van der Waals surface area contributed by atoms with Gasteiger partial charge >= 0.3 is 0 Å². The second-order valence-corrected chi connectivity index (χ2v) is 9.48. The summed E-state index contributed by atoms with van der Waals surface area (Å²) >= 11 is 1.33. The number of amides is 3. The topological polar surface area (TPSA) is 109 Å². The highest BCUT2D eigenvalue weighted by molar-refractivity contribution is 8.00. The maximum absolute atomic E-state index is 12.8. The summed E-state index contributed by atoms with van der Waals surface area (Å²) in [6.07, 6.45) is 0.0235. The number of anilines is 2. The lowest BCUT2D eigenvalue weighted by molar-refractivity contribution is -0.118. The van der Waals surface area contributed by atoms with Crippen LogP contribution in [0.5, 0.6) is 11.5 Å². The second-order valence-electron chi connectivity index (χ2n) is 8.07. The zero-order chi connectivity index (χ0) is 26.4. The Hall–Kier alpha value is -4.31. The number of rotatable bonds is 8. The fourth-order valence-electron chi connectivity index (χ4n) is 3.60. The lowest BCUT2D eigenvalue weighted by Gasteiger charge is -2.13. The zero-order valence-corrected chi connectivity index (χ0v) is 21.4. The first-order chi connectivity index (χ1) is 17.9. The molecule has 1 aliphatic heterocycles. The van der Waals surface area contributed by atoms with Gasteiger partial charge < -0.3 is 20.1 Å². The van der Waals surface area contributed by atoms with Gasteiger partial charge in [-0.3, -0.25) is 14.4 Å². The quantitative estimate of drug-likeness (QED) is 0.431. The summed E-state index contributed by atoms with van der Waals surface area (Å²) in [4.78, 5) is 38.7. The van der Waals surface area contributed by atoms with Gasteiger partial charge in [0.2, 0.25) is 5.91 Å². The van der Waals surface area contributed by atoms with Crippen molar-refractivity contribution in [3.8, 4) is 11.5 Å². The number of hydrogen-bond donors (Lipinski definition) is 2. The van der Waals surface area contributed by atoms with Crippen LogP contribution in [0.3, 0.4) is 0 Å². The minimum Gasteiger partial charge on any atom is -0.493 e. The Balaban J connectivity index is 1.37. The molecule has 0 saturated heterocycles. The lowest BCUT2D eigenvalue weighted by Crippen LogP contribution is -2.35. The third-order valence-electron chi connectivity index (χ3n) is 5.46. The highest BCUT2D eigenvalue weighted by Gasteiger charge is 2.27. The van der Waals surface area contributed by atoms with Crippen LogP contribution < -0.4 is 25.1 Å². The fraction of sp³-hybridized carbons (Fsp3) is 0.185. The van der Waals surface area contributed by atoms with Gasteiger partial charge in [0.15, 0.2) is 11.5 Å². The smallest absolute Gasteiger partial charge is 0.255 e. The molecular weight excluding hydrogens is 492 g/mol. The van der Waals surface area contributed by atoms with E-state index in [1.54, 1.807) is 55.5 Å². The van der Waals surface area contributed by atoms with E-state index in [2.05, 4.69) is 15.7 Å². The molecule has 2 N–H and O–H groups in total. The van der Waals surface area contributed by atoms with Crippen LogP contribution in [-0.2, 0) is 9.59 Å². The Labute approximate surface area is 218 Å². The molecule has 190 valence electrons. The molecule has 3 aromatic carbocycles. The maximum atomic E-state index is 12.8. The third-order valence-corrected chi connectivity index (χ3v) is 6.56. The molecule has 0 aliphatic carbocycles. The van der Waals surface area contributed by atoms with Crippen LogP contribution >= 0.6 is 11.8 Å². The van der Waals surface area contributed by atoms with Crippen molar-refractivity contribution in [3.05, 3.63) is 78.4 Å². The van der Waals surface area contributed by atoms with E-state index in [0.29, 0.717) is 34.3 Å². The molecule has 0 bridgehead atoms. The first kappa shape index (κ1) is 25.8. The maximum Gasteiger partial charge on any atom is 0.255 e. The van der Waals surface area contributed by atoms with Crippen molar-refractivity contribution in [2.45, 2.75) is 23.5 Å². The molecular formula is C27H26N4O5S. The van der Waals surface area contributed by atoms with E-state index >= 15 is 0 Å². The predicted molar refractivity (Wildman–Crippen MR) is 143 cm³/mol. The monoisotopic (exact) mass is 518 g/mol. The van der Waals surface area contributed by atoms with Gasteiger partial charge in [-0.2, -0.15) is 10.1 Å². The van der Waals surface area contributed by atoms with E-state index in [1.807, 2.05) is 24.3 Å². The van der Waals surface area contributed by atoms with E-state index in [4.69, 9.17) is 9.47 Å². The number of hydrogen-bond acceptors (Lipinski definition) is 7. The summed E-state index contributed by atoms with van der Waals surface area (Å²) in [6.45, 7) is 1.77. The van der Waals surface area contributed by atoms with Gasteiger partial charge in [0.05, 0.1) is 31.6 Å². The molecule has 0 fully saturated rings. The van der Waals surface area contributed by atoms with Crippen LogP contribution in [0, 0.1) is 0 Å². The Bertz CT molecular complexity index is 1350. The van der Waals surface area contributed by atoms with E-state index in [1.165, 1.54) is 31.0 Å². The molecule has 1 unspecified atom stereocenters. The molecule has 3 aromatic rings. The second kappa shape index (κ2) is 11.6. The first-order valence-electron chi connectivity index (χ1n) is 11.4. The van der Waals surface area contributed by atoms with Crippen molar-refractivity contribution in [2.75, 3.05) is 24.5 Å². The summed E-state index contributed by atoms with van der Waals surface area (Å²) in [5.41, 5.74) is 1.65. The van der Waals surface area contributed by atoms with Gasteiger partial charge in [0.25, 0.3) is 11.8 Å². The summed E-state index contributed by atoms with van der Waals surface area (Å²) < 4.78 is 10.5. The average molecular weight is 519 g/mol. The van der Waals surface area contributed by atoms with Crippen molar-refractivity contribution in [1.82, 2.24) is 5.32 Å². The highest BCUT2D eigenvalue weighted by Crippen LogP contribution is 2.29. The van der Waals surface area contributed by atoms with Gasteiger partial charge in [-0.25, -0.2) is 0 Å². The van der Waals surface area contributed by atoms with Crippen LogP contribution in [0.2, 0.25) is 0 Å². The largest absolute Gasteiger partial charge is 0.493 e. The summed E-state index contributed by atoms with van der Waals surface area (Å²) in [5.74, 6) is 0.513. The number of carbonyl (C=O) groups is 3. The molecule has 0 saturated carbocycles. The standard InChI is InChI=1S/C27H26N4O5S/c1-17(26(33)29-24-16-25(32)31(30-24)20-9-5-4-6-10-20)37-21-11-7-8-19(15-21)28-27(34)18-12-13-22(35-2)23(14-18)36-3/h4-15,17H,16H2,1-3H3,(H,28,34)(H,29,30,33). The number of nitrogens with zero attached hydrogens (tertiary/aromatic N) is 2. The van der Waals surface area contributed by atoms with E-state index < -0.39 is 5.25 Å². The number of nitrogens with one attached hydrogen (secondary N) is 2. The van der Waals surface area contributed by atoms with Gasteiger partial charge in [0.1, 0.15) is 5.84 Å². The van der Waals surface area contributed by atoms with Gasteiger partial charge in [-0.05, 0) is 55.5 Å². The normalized spacial score (nSPS) is 13.5. The van der Waals surface area contributed by atoms with Crippen LogP contribution in [-0.4, -0.2) is 43.0 Å². The molecule has 0 radical (unpaired) electrons. The predicted octanol–water partition coefficient (Wildman–Crippen LogP) is 4.30. The zero-order valence-electron chi connectivity index (χ0n) is 20.6. The van der Waals surface area contributed by atoms with Crippen LogP contribution in [0.15, 0.2) is 82.8 Å². The number of amidine groups is 1. The number of benzene rings is 3. The molecule has 37 heavy (non-hydrogen) atoms. The Morgan fingerprint density at radius 3 is 2.43 bits per heavy atom. The SMILES string of the molecule is COc1ccc(C(=O)Nc2cccc(SC(C)C(=O)NC3=NN(c4ccccc4)C(=O)C3)c2)cc1OC. The van der Waals surface area contributed by atoms with Crippen LogP contribution in [0.4, 0.5) is 11.4 Å². The number of hydrazone groups is 1. The minimum atomic E-state index is -0.472. The molecule has 1 heterocycles. The van der Waals surface area contributed by atoms with Crippen LogP contribution in [0.25, 0.3) is 0 Å². The number of thioether (sulfide) groups is 1. The molecule has 0 aromatic heterocycles. The van der Waals surface area contributed by atoms with Crippen molar-refractivity contribution in [1.29, 1.82) is 0 Å².